The first-order valence-corrected chi connectivity index (χ1v) is 11.7. The van der Waals surface area contributed by atoms with E-state index in [1.807, 2.05) is 0 Å². The molecule has 0 aliphatic heterocycles. The zero-order chi connectivity index (χ0) is 26.5. The standard InChI is InChI=1S/C25H29F2N3O6/c1-30(2)15-5-12(9-29-13(7-26)8-27)21(32)19-14(15)4-10-3-11-6-16(31)20(25(28)36)24(35)18(11)22(33)17(10)23(19)34/h5,10-11,13,18,29,32,34-35H,3-4,6-9H2,1-2H3,(H2,28,36). The minimum atomic E-state index is -1.20. The van der Waals surface area contributed by atoms with E-state index in [2.05, 4.69) is 5.32 Å². The molecule has 1 aromatic carbocycles. The van der Waals surface area contributed by atoms with Gasteiger partial charge in [-0.15, -0.1) is 0 Å². The van der Waals surface area contributed by atoms with Crippen molar-refractivity contribution < 1.29 is 38.5 Å². The Morgan fingerprint density at radius 2 is 1.86 bits per heavy atom. The van der Waals surface area contributed by atoms with Gasteiger partial charge in [-0.25, -0.2) is 8.78 Å². The molecule has 194 valence electrons. The number of nitrogens with one attached hydrogen (secondary N) is 1. The van der Waals surface area contributed by atoms with Crippen LogP contribution in [-0.2, 0) is 27.3 Å². The van der Waals surface area contributed by atoms with E-state index < -0.39 is 71.7 Å². The van der Waals surface area contributed by atoms with Crippen LogP contribution in [0.25, 0.3) is 5.76 Å². The first kappa shape index (κ1) is 25.6. The molecule has 9 nitrogen and oxygen atoms in total. The quantitative estimate of drug-likeness (QED) is 0.352. The van der Waals surface area contributed by atoms with Crippen molar-refractivity contribution in [3.05, 3.63) is 39.7 Å². The Morgan fingerprint density at radius 3 is 2.44 bits per heavy atom. The molecule has 11 heteroatoms. The second-order valence-corrected chi connectivity index (χ2v) is 9.79. The third-order valence-electron chi connectivity index (χ3n) is 7.38. The molecular formula is C25H29F2N3O6. The number of halogens is 2. The maximum absolute atomic E-state index is 13.5. The van der Waals surface area contributed by atoms with Crippen molar-refractivity contribution in [2.45, 2.75) is 31.8 Å². The number of rotatable bonds is 7. The molecule has 3 aliphatic carbocycles. The van der Waals surface area contributed by atoms with Crippen molar-refractivity contribution in [2.24, 2.45) is 23.5 Å². The molecule has 3 aliphatic rings. The predicted molar refractivity (Wildman–Crippen MR) is 127 cm³/mol. The summed E-state index contributed by atoms with van der Waals surface area (Å²) in [5.74, 6) is -6.07. The highest BCUT2D eigenvalue weighted by Crippen LogP contribution is 2.52. The number of benzene rings is 1. The number of fused-ring (bicyclic) bond motifs is 3. The van der Waals surface area contributed by atoms with E-state index in [4.69, 9.17) is 5.73 Å². The van der Waals surface area contributed by atoms with Crippen LogP contribution in [0.5, 0.6) is 5.75 Å². The Bertz CT molecular complexity index is 1200. The summed E-state index contributed by atoms with van der Waals surface area (Å²) in [5, 5.41) is 35.7. The minimum absolute atomic E-state index is 0.00368. The van der Waals surface area contributed by atoms with Gasteiger partial charge in [0.2, 0.25) is 0 Å². The van der Waals surface area contributed by atoms with Crippen LogP contribution in [0.2, 0.25) is 0 Å². The van der Waals surface area contributed by atoms with Gasteiger partial charge in [0.15, 0.2) is 11.6 Å². The van der Waals surface area contributed by atoms with Crippen LogP contribution >= 0.6 is 0 Å². The molecule has 0 spiro atoms. The topological polar surface area (TPSA) is 153 Å². The maximum Gasteiger partial charge on any atom is 0.255 e. The van der Waals surface area contributed by atoms with Crippen LogP contribution < -0.4 is 16.0 Å². The Balaban J connectivity index is 1.84. The Labute approximate surface area is 206 Å². The Morgan fingerprint density at radius 1 is 1.19 bits per heavy atom. The number of nitrogens with zero attached hydrogens (tertiary/aromatic N) is 1. The number of primary amides is 1. The van der Waals surface area contributed by atoms with E-state index in [1.54, 1.807) is 25.1 Å². The summed E-state index contributed by atoms with van der Waals surface area (Å²) in [7, 11) is 3.53. The summed E-state index contributed by atoms with van der Waals surface area (Å²) in [4.78, 5) is 39.5. The second kappa shape index (κ2) is 9.53. The molecule has 1 amide bonds. The molecular weight excluding hydrogens is 476 g/mol. The van der Waals surface area contributed by atoms with Gasteiger partial charge < -0.3 is 31.3 Å². The van der Waals surface area contributed by atoms with Gasteiger partial charge in [0.1, 0.15) is 36.2 Å². The predicted octanol–water partition coefficient (Wildman–Crippen LogP) is 1.77. The molecule has 0 radical (unpaired) electrons. The molecule has 3 atom stereocenters. The monoisotopic (exact) mass is 505 g/mol. The number of Topliss-reactive ketones (excluding diaryl/α,β-unsaturated/α-hetero) is 2. The number of anilines is 1. The lowest BCUT2D eigenvalue weighted by Crippen LogP contribution is -2.44. The number of ketones is 2. The number of nitrogens with two attached hydrogens (primary N) is 1. The van der Waals surface area contributed by atoms with Crippen molar-refractivity contribution >= 4 is 28.9 Å². The SMILES string of the molecule is CN(C)c1cc(CNC(CF)CF)c(O)c2c1CC1CC3CC(=O)C(C(N)=O)=C(O)C3C(=O)C1=C2O. The highest BCUT2D eigenvalue weighted by atomic mass is 19.1. The van der Waals surface area contributed by atoms with Crippen LogP contribution in [-0.4, -0.2) is 66.3 Å². The number of aromatic hydroxyl groups is 1. The van der Waals surface area contributed by atoms with Crippen molar-refractivity contribution in [1.82, 2.24) is 5.32 Å². The lowest BCUT2D eigenvalue weighted by atomic mass is 9.61. The minimum Gasteiger partial charge on any atom is -0.511 e. The molecule has 1 fully saturated rings. The van der Waals surface area contributed by atoms with Crippen LogP contribution in [0.4, 0.5) is 14.5 Å². The van der Waals surface area contributed by atoms with Crippen LogP contribution in [0.3, 0.4) is 0 Å². The smallest absolute Gasteiger partial charge is 0.255 e. The van der Waals surface area contributed by atoms with Gasteiger partial charge in [-0.05, 0) is 36.3 Å². The van der Waals surface area contributed by atoms with Gasteiger partial charge in [0.25, 0.3) is 5.91 Å². The van der Waals surface area contributed by atoms with Crippen molar-refractivity contribution in [3.63, 3.8) is 0 Å². The van der Waals surface area contributed by atoms with Gasteiger partial charge in [-0.3, -0.25) is 14.4 Å². The van der Waals surface area contributed by atoms with E-state index in [1.165, 1.54) is 0 Å². The first-order chi connectivity index (χ1) is 17.0. The van der Waals surface area contributed by atoms with Crippen LogP contribution in [0.15, 0.2) is 23.0 Å². The number of hydrogen-bond donors (Lipinski definition) is 5. The number of aliphatic hydroxyl groups is 2. The first-order valence-electron chi connectivity index (χ1n) is 11.7. The number of amides is 1. The lowest BCUT2D eigenvalue weighted by molar-refractivity contribution is -0.127. The number of phenols is 1. The van der Waals surface area contributed by atoms with Gasteiger partial charge in [-0.1, -0.05) is 0 Å². The highest BCUT2D eigenvalue weighted by Gasteiger charge is 2.51. The number of carbonyl (C=O) groups is 3. The molecule has 0 saturated heterocycles. The largest absolute Gasteiger partial charge is 0.511 e. The van der Waals surface area contributed by atoms with E-state index >= 15 is 0 Å². The molecule has 0 bridgehead atoms. The summed E-state index contributed by atoms with van der Waals surface area (Å²) >= 11 is 0. The van der Waals surface area contributed by atoms with Gasteiger partial charge in [0.05, 0.1) is 17.5 Å². The average Bonchev–Trinajstić information content (AvgIpc) is 2.79. The molecule has 1 saturated carbocycles. The van der Waals surface area contributed by atoms with Crippen molar-refractivity contribution in [3.8, 4) is 5.75 Å². The number of carbonyl (C=O) groups excluding carboxylic acids is 3. The molecule has 4 rings (SSSR count). The second-order valence-electron chi connectivity index (χ2n) is 9.79. The Kier molecular flexibility index (Phi) is 6.78. The molecule has 0 heterocycles. The fourth-order valence-electron chi connectivity index (χ4n) is 5.68. The van der Waals surface area contributed by atoms with Crippen molar-refractivity contribution in [2.75, 3.05) is 32.3 Å². The van der Waals surface area contributed by atoms with Gasteiger partial charge >= 0.3 is 0 Å². The van der Waals surface area contributed by atoms with E-state index in [-0.39, 0.29) is 41.8 Å². The molecule has 3 unspecified atom stereocenters. The molecule has 36 heavy (non-hydrogen) atoms. The number of hydrogen-bond acceptors (Lipinski definition) is 8. The van der Waals surface area contributed by atoms with Gasteiger partial charge in [-0.2, -0.15) is 0 Å². The number of allylic oxidation sites excluding steroid dienone is 2. The molecule has 6 N–H and O–H groups in total. The maximum atomic E-state index is 13.5. The summed E-state index contributed by atoms with van der Waals surface area (Å²) in [6.45, 7) is -1.97. The normalized spacial score (nSPS) is 23.5. The van der Waals surface area contributed by atoms with E-state index in [0.29, 0.717) is 17.7 Å². The Hall–Kier alpha value is -3.47. The lowest BCUT2D eigenvalue weighted by Gasteiger charge is -2.41. The summed E-state index contributed by atoms with van der Waals surface area (Å²) in [6.07, 6.45) is 0.441. The summed E-state index contributed by atoms with van der Waals surface area (Å²) < 4.78 is 25.9. The van der Waals surface area contributed by atoms with Crippen LogP contribution in [0, 0.1) is 17.8 Å². The molecule has 1 aromatic rings. The fraction of sp³-hybridized carbons (Fsp3) is 0.480. The summed E-state index contributed by atoms with van der Waals surface area (Å²) in [6, 6.07) is 0.609. The number of aliphatic hydroxyl groups excluding tert-OH is 2. The fourth-order valence-corrected chi connectivity index (χ4v) is 5.68. The average molecular weight is 506 g/mol. The third-order valence-corrected chi connectivity index (χ3v) is 7.38. The third kappa shape index (κ3) is 4.01. The zero-order valence-electron chi connectivity index (χ0n) is 20.0. The van der Waals surface area contributed by atoms with Crippen LogP contribution in [0.1, 0.15) is 29.5 Å². The van der Waals surface area contributed by atoms with Crippen molar-refractivity contribution in [1.29, 1.82) is 0 Å². The number of alkyl halides is 2. The highest BCUT2D eigenvalue weighted by molar-refractivity contribution is 6.21. The van der Waals surface area contributed by atoms with E-state index in [9.17, 15) is 38.5 Å². The zero-order valence-corrected chi connectivity index (χ0v) is 20.0. The molecule has 0 aromatic heterocycles. The number of phenolic OH excluding ortho intramolecular Hbond substituents is 1. The summed E-state index contributed by atoms with van der Waals surface area (Å²) in [5.41, 5.74) is 6.21. The van der Waals surface area contributed by atoms with E-state index in [0.717, 1.165) is 0 Å². The van der Waals surface area contributed by atoms with Gasteiger partial charge in [0, 0.05) is 43.9 Å².